The van der Waals surface area contributed by atoms with Crippen molar-refractivity contribution in [1.82, 2.24) is 10.1 Å². The van der Waals surface area contributed by atoms with Gasteiger partial charge in [-0.1, -0.05) is 18.2 Å². The van der Waals surface area contributed by atoms with E-state index in [2.05, 4.69) is 10.1 Å². The summed E-state index contributed by atoms with van der Waals surface area (Å²) in [5, 5.41) is 4.04. The zero-order chi connectivity index (χ0) is 10.4. The first-order valence-electron chi connectivity index (χ1n) is 4.63. The molecular formula is C11H8N2O2. The molecule has 1 N–H and O–H groups in total. The van der Waals surface area contributed by atoms with Gasteiger partial charge in [-0.2, -0.15) is 0 Å². The molecule has 1 aromatic carbocycles. The van der Waals surface area contributed by atoms with Crippen LogP contribution in [0.25, 0.3) is 21.8 Å². The van der Waals surface area contributed by atoms with E-state index in [4.69, 9.17) is 4.52 Å². The van der Waals surface area contributed by atoms with Crippen molar-refractivity contribution in [2.24, 2.45) is 0 Å². The lowest BCUT2D eigenvalue weighted by Crippen LogP contribution is -1.92. The number of nitrogens with zero attached hydrogens (tertiary/aromatic N) is 1. The zero-order valence-electron chi connectivity index (χ0n) is 8.07. The largest absolute Gasteiger partial charge is 0.366 e. The van der Waals surface area contributed by atoms with Crippen LogP contribution in [0.3, 0.4) is 0 Å². The van der Waals surface area contributed by atoms with Gasteiger partial charge >= 0.3 is 5.63 Å². The molecule has 0 bridgehead atoms. The van der Waals surface area contributed by atoms with Crippen molar-refractivity contribution in [3.8, 4) is 0 Å². The van der Waals surface area contributed by atoms with Gasteiger partial charge in [0, 0.05) is 11.6 Å². The summed E-state index contributed by atoms with van der Waals surface area (Å²) in [5.41, 5.74) is 2.31. The Hall–Kier alpha value is -2.10. The Morgan fingerprint density at radius 1 is 1.33 bits per heavy atom. The molecule has 0 saturated carbocycles. The Balaban J connectivity index is 2.66. The second-order valence-electron chi connectivity index (χ2n) is 3.51. The summed E-state index contributed by atoms with van der Waals surface area (Å²) < 4.78 is 4.74. The third-order valence-electron chi connectivity index (χ3n) is 2.56. The Labute approximate surface area is 84.5 Å². The van der Waals surface area contributed by atoms with E-state index in [0.717, 1.165) is 16.5 Å². The Morgan fingerprint density at radius 3 is 3.07 bits per heavy atom. The van der Waals surface area contributed by atoms with Crippen molar-refractivity contribution in [3.05, 3.63) is 40.4 Å². The summed E-state index contributed by atoms with van der Waals surface area (Å²) in [7, 11) is 0. The number of H-pyrrole nitrogens is 1. The van der Waals surface area contributed by atoms with Crippen molar-refractivity contribution in [1.29, 1.82) is 0 Å². The molecule has 0 aliphatic rings. The van der Waals surface area contributed by atoms with Gasteiger partial charge in [0.1, 0.15) is 5.39 Å². The first-order chi connectivity index (χ1) is 7.27. The van der Waals surface area contributed by atoms with Crippen LogP contribution in [0, 0.1) is 6.92 Å². The monoisotopic (exact) mass is 200 g/mol. The van der Waals surface area contributed by atoms with Crippen molar-refractivity contribution >= 4 is 21.8 Å². The van der Waals surface area contributed by atoms with Gasteiger partial charge in [-0.05, 0) is 12.5 Å². The molecule has 0 spiro atoms. The number of aryl methyl sites for hydroxylation is 1. The van der Waals surface area contributed by atoms with Crippen LogP contribution in [0.4, 0.5) is 0 Å². The Bertz CT molecular complexity index is 709. The first-order valence-corrected chi connectivity index (χ1v) is 4.63. The van der Waals surface area contributed by atoms with Gasteiger partial charge in [-0.15, -0.1) is 0 Å². The third kappa shape index (κ3) is 1.01. The van der Waals surface area contributed by atoms with Gasteiger partial charge in [0.25, 0.3) is 0 Å². The standard InChI is InChI=1S/C11H8N2O2/c1-6-3-2-4-7-9(6)12-5-8-10(7)13-15-11(8)14/h2-5,13H,1H3. The third-order valence-corrected chi connectivity index (χ3v) is 2.56. The molecule has 3 aromatic rings. The molecule has 2 heterocycles. The van der Waals surface area contributed by atoms with Crippen LogP contribution in [0.5, 0.6) is 0 Å². The van der Waals surface area contributed by atoms with Crippen molar-refractivity contribution in [2.45, 2.75) is 6.92 Å². The van der Waals surface area contributed by atoms with Gasteiger partial charge in [-0.25, -0.2) is 9.95 Å². The molecular weight excluding hydrogens is 192 g/mol. The number of aromatic nitrogens is 2. The highest BCUT2D eigenvalue weighted by Crippen LogP contribution is 2.21. The van der Waals surface area contributed by atoms with E-state index >= 15 is 0 Å². The number of nitrogens with one attached hydrogen (secondary N) is 1. The van der Waals surface area contributed by atoms with Crippen LogP contribution in [-0.2, 0) is 0 Å². The molecule has 0 radical (unpaired) electrons. The van der Waals surface area contributed by atoms with Gasteiger partial charge in [0.05, 0.1) is 11.0 Å². The highest BCUT2D eigenvalue weighted by atomic mass is 16.5. The summed E-state index contributed by atoms with van der Waals surface area (Å²) in [6.45, 7) is 1.99. The van der Waals surface area contributed by atoms with Crippen LogP contribution in [-0.4, -0.2) is 10.1 Å². The topological polar surface area (TPSA) is 58.9 Å². The fraction of sp³-hybridized carbons (Fsp3) is 0.0909. The fourth-order valence-corrected chi connectivity index (χ4v) is 1.79. The minimum absolute atomic E-state index is 0.374. The summed E-state index contributed by atoms with van der Waals surface area (Å²) in [5.74, 6) is 0. The predicted octanol–water partition coefficient (Wildman–Crippen LogP) is 1.98. The second-order valence-corrected chi connectivity index (χ2v) is 3.51. The van der Waals surface area contributed by atoms with Gasteiger partial charge in [0.2, 0.25) is 0 Å². The summed E-state index contributed by atoms with van der Waals surface area (Å²) in [6.07, 6.45) is 1.55. The molecule has 4 nitrogen and oxygen atoms in total. The van der Waals surface area contributed by atoms with Crippen molar-refractivity contribution in [2.75, 3.05) is 0 Å². The predicted molar refractivity (Wildman–Crippen MR) is 56.9 cm³/mol. The average Bonchev–Trinajstić information content (AvgIpc) is 2.61. The molecule has 74 valence electrons. The number of rotatable bonds is 0. The highest BCUT2D eigenvalue weighted by molar-refractivity contribution is 6.03. The first kappa shape index (κ1) is 8.23. The number of aromatic amines is 1. The highest BCUT2D eigenvalue weighted by Gasteiger charge is 2.08. The van der Waals surface area contributed by atoms with Gasteiger partial charge < -0.3 is 4.52 Å². The van der Waals surface area contributed by atoms with Crippen LogP contribution < -0.4 is 5.63 Å². The van der Waals surface area contributed by atoms with Gasteiger partial charge in [0.15, 0.2) is 0 Å². The van der Waals surface area contributed by atoms with Crippen LogP contribution in [0.2, 0.25) is 0 Å². The van der Waals surface area contributed by atoms with Crippen molar-refractivity contribution in [3.63, 3.8) is 0 Å². The number of hydrogen-bond donors (Lipinski definition) is 1. The number of fused-ring (bicyclic) bond motifs is 3. The quantitative estimate of drug-likeness (QED) is 0.603. The van der Waals surface area contributed by atoms with Crippen LogP contribution >= 0.6 is 0 Å². The smallest absolute Gasteiger partial charge is 0.338 e. The van der Waals surface area contributed by atoms with E-state index in [-0.39, 0.29) is 5.63 Å². The summed E-state index contributed by atoms with van der Waals surface area (Å²) >= 11 is 0. The lowest BCUT2D eigenvalue weighted by molar-refractivity contribution is 0.400. The van der Waals surface area contributed by atoms with E-state index < -0.39 is 0 Å². The zero-order valence-corrected chi connectivity index (χ0v) is 8.07. The van der Waals surface area contributed by atoms with Crippen molar-refractivity contribution < 1.29 is 4.52 Å². The Morgan fingerprint density at radius 2 is 2.20 bits per heavy atom. The SMILES string of the molecule is Cc1cccc2c1ncc1c(=O)o[nH]c12. The van der Waals surface area contributed by atoms with Gasteiger partial charge in [-0.3, -0.25) is 4.98 Å². The van der Waals surface area contributed by atoms with Crippen LogP contribution in [0.1, 0.15) is 5.56 Å². The number of pyridine rings is 1. The number of benzene rings is 1. The maximum atomic E-state index is 11.3. The van der Waals surface area contributed by atoms with E-state index in [9.17, 15) is 4.79 Å². The molecule has 0 unspecified atom stereocenters. The number of hydrogen-bond acceptors (Lipinski definition) is 3. The molecule has 15 heavy (non-hydrogen) atoms. The van der Waals surface area contributed by atoms with E-state index in [1.54, 1.807) is 6.20 Å². The maximum absolute atomic E-state index is 11.3. The molecule has 3 rings (SSSR count). The number of para-hydroxylation sites is 1. The van der Waals surface area contributed by atoms with Crippen LogP contribution in [0.15, 0.2) is 33.7 Å². The minimum Gasteiger partial charge on any atom is -0.338 e. The van der Waals surface area contributed by atoms with E-state index in [0.29, 0.717) is 10.9 Å². The molecule has 2 aromatic heterocycles. The molecule has 0 aliphatic carbocycles. The van der Waals surface area contributed by atoms with E-state index in [1.807, 2.05) is 25.1 Å². The molecule has 0 atom stereocenters. The molecule has 0 amide bonds. The second kappa shape index (κ2) is 2.70. The summed E-state index contributed by atoms with van der Waals surface area (Å²) in [6, 6.07) is 5.84. The maximum Gasteiger partial charge on any atom is 0.366 e. The normalized spacial score (nSPS) is 11.3. The van der Waals surface area contributed by atoms with E-state index in [1.165, 1.54) is 0 Å². The summed E-state index contributed by atoms with van der Waals surface area (Å²) in [4.78, 5) is 15.5. The molecule has 0 saturated heterocycles. The molecule has 0 aliphatic heterocycles. The minimum atomic E-state index is -0.374. The molecule has 4 heteroatoms. The lowest BCUT2D eigenvalue weighted by Gasteiger charge is -1.99. The fourth-order valence-electron chi connectivity index (χ4n) is 1.79. The Kier molecular flexibility index (Phi) is 1.48. The average molecular weight is 200 g/mol. The lowest BCUT2D eigenvalue weighted by atomic mass is 10.1. The molecule has 0 fully saturated rings.